The zero-order valence-electron chi connectivity index (χ0n) is 14.2. The molecule has 0 radical (unpaired) electrons. The van der Waals surface area contributed by atoms with Crippen molar-refractivity contribution in [2.24, 2.45) is 13.0 Å². The summed E-state index contributed by atoms with van der Waals surface area (Å²) < 4.78 is 1.80. The minimum atomic E-state index is -0.0108. The predicted octanol–water partition coefficient (Wildman–Crippen LogP) is 0.570. The monoisotopic (exact) mass is 307 g/mol. The molecule has 0 saturated carbocycles. The van der Waals surface area contributed by atoms with Gasteiger partial charge in [-0.05, 0) is 25.6 Å². The third-order valence-electron chi connectivity index (χ3n) is 4.52. The van der Waals surface area contributed by atoms with E-state index in [1.54, 1.807) is 4.68 Å². The highest BCUT2D eigenvalue weighted by atomic mass is 16.2. The van der Waals surface area contributed by atoms with Crippen molar-refractivity contribution in [3.63, 3.8) is 0 Å². The summed E-state index contributed by atoms with van der Waals surface area (Å²) in [5, 5.41) is 10.7. The first-order valence-electron chi connectivity index (χ1n) is 8.27. The van der Waals surface area contributed by atoms with Gasteiger partial charge in [-0.3, -0.25) is 9.48 Å². The van der Waals surface area contributed by atoms with E-state index in [-0.39, 0.29) is 23.8 Å². The largest absolute Gasteiger partial charge is 0.352 e. The Balaban J connectivity index is 1.93. The first-order chi connectivity index (χ1) is 10.5. The Labute approximate surface area is 133 Å². The maximum atomic E-state index is 12.6. The van der Waals surface area contributed by atoms with Crippen LogP contribution in [0.25, 0.3) is 0 Å². The van der Waals surface area contributed by atoms with Crippen molar-refractivity contribution in [1.82, 2.24) is 25.3 Å². The standard InChI is InChI=1S/C16H29N5O/c1-5-21(6-2)10-12(3)19-16(22)15-9-17-8-14(15)13-7-18-20(4)11-13/h7,11-12,14-15,17H,5-6,8-10H2,1-4H3,(H,19,22)/t12?,14-,15+/m1/s1. The van der Waals surface area contributed by atoms with E-state index >= 15 is 0 Å². The molecule has 124 valence electrons. The normalized spacial score (nSPS) is 23.0. The summed E-state index contributed by atoms with van der Waals surface area (Å²) in [5.41, 5.74) is 1.14. The van der Waals surface area contributed by atoms with Gasteiger partial charge in [-0.1, -0.05) is 13.8 Å². The number of amides is 1. The molecule has 0 bridgehead atoms. The smallest absolute Gasteiger partial charge is 0.225 e. The number of carbonyl (C=O) groups excluding carboxylic acids is 1. The fourth-order valence-electron chi connectivity index (χ4n) is 3.20. The number of carbonyl (C=O) groups is 1. The second-order valence-electron chi connectivity index (χ2n) is 6.21. The number of aromatic nitrogens is 2. The molecule has 0 aromatic carbocycles. The molecule has 1 saturated heterocycles. The van der Waals surface area contributed by atoms with E-state index in [0.29, 0.717) is 0 Å². The molecular formula is C16H29N5O. The number of aryl methyl sites for hydroxylation is 1. The molecule has 6 heteroatoms. The van der Waals surface area contributed by atoms with E-state index in [2.05, 4.69) is 41.4 Å². The SMILES string of the molecule is CCN(CC)CC(C)NC(=O)[C@H]1CNC[C@@H]1c1cnn(C)c1. The number of likely N-dealkylation sites (N-methyl/N-ethyl adjacent to an activating group) is 1. The summed E-state index contributed by atoms with van der Waals surface area (Å²) in [6, 6.07) is 0.169. The average molecular weight is 307 g/mol. The average Bonchev–Trinajstić information content (AvgIpc) is 3.12. The molecule has 22 heavy (non-hydrogen) atoms. The van der Waals surface area contributed by atoms with Crippen molar-refractivity contribution in [3.05, 3.63) is 18.0 Å². The van der Waals surface area contributed by atoms with Crippen LogP contribution in [0.5, 0.6) is 0 Å². The van der Waals surface area contributed by atoms with Crippen LogP contribution in [0.4, 0.5) is 0 Å². The summed E-state index contributed by atoms with van der Waals surface area (Å²) in [7, 11) is 1.91. The Morgan fingerprint density at radius 2 is 2.23 bits per heavy atom. The van der Waals surface area contributed by atoms with Gasteiger partial charge in [0.2, 0.25) is 5.91 Å². The van der Waals surface area contributed by atoms with E-state index in [0.717, 1.165) is 38.3 Å². The first-order valence-corrected chi connectivity index (χ1v) is 8.27. The van der Waals surface area contributed by atoms with Crippen LogP contribution in [0.1, 0.15) is 32.3 Å². The molecular weight excluding hydrogens is 278 g/mol. The molecule has 2 heterocycles. The van der Waals surface area contributed by atoms with Gasteiger partial charge in [0.15, 0.2) is 0 Å². The van der Waals surface area contributed by atoms with Crippen LogP contribution in [0.3, 0.4) is 0 Å². The van der Waals surface area contributed by atoms with Gasteiger partial charge in [-0.15, -0.1) is 0 Å². The fraction of sp³-hybridized carbons (Fsp3) is 0.750. The van der Waals surface area contributed by atoms with Gasteiger partial charge < -0.3 is 15.5 Å². The number of rotatable bonds is 7. The Bertz CT molecular complexity index is 483. The molecule has 1 aromatic rings. The Morgan fingerprint density at radius 3 is 2.82 bits per heavy atom. The zero-order valence-corrected chi connectivity index (χ0v) is 14.2. The second-order valence-corrected chi connectivity index (χ2v) is 6.21. The van der Waals surface area contributed by atoms with Gasteiger partial charge in [-0.25, -0.2) is 0 Å². The third kappa shape index (κ3) is 4.08. The summed E-state index contributed by atoms with van der Waals surface area (Å²) in [6.45, 7) is 10.9. The number of nitrogens with one attached hydrogen (secondary N) is 2. The lowest BCUT2D eigenvalue weighted by atomic mass is 9.90. The quantitative estimate of drug-likeness (QED) is 0.773. The summed E-state index contributed by atoms with van der Waals surface area (Å²) >= 11 is 0. The molecule has 1 aliphatic rings. The molecule has 2 rings (SSSR count). The number of hydrogen-bond acceptors (Lipinski definition) is 4. The van der Waals surface area contributed by atoms with Gasteiger partial charge in [0.25, 0.3) is 0 Å². The molecule has 2 N–H and O–H groups in total. The summed E-state index contributed by atoms with van der Waals surface area (Å²) in [5.74, 6) is 0.358. The van der Waals surface area contributed by atoms with Crippen LogP contribution in [-0.4, -0.2) is 59.4 Å². The first kappa shape index (κ1) is 17.0. The van der Waals surface area contributed by atoms with Crippen LogP contribution in [0.15, 0.2) is 12.4 Å². The number of hydrogen-bond donors (Lipinski definition) is 2. The van der Waals surface area contributed by atoms with E-state index in [1.807, 2.05) is 19.4 Å². The van der Waals surface area contributed by atoms with Gasteiger partial charge >= 0.3 is 0 Å². The predicted molar refractivity (Wildman–Crippen MR) is 87.7 cm³/mol. The molecule has 3 atom stereocenters. The molecule has 1 amide bonds. The number of nitrogens with zero attached hydrogens (tertiary/aromatic N) is 3. The minimum absolute atomic E-state index is 0.0108. The van der Waals surface area contributed by atoms with Gasteiger partial charge in [0.05, 0.1) is 12.1 Å². The molecule has 1 unspecified atom stereocenters. The molecule has 1 aromatic heterocycles. The van der Waals surface area contributed by atoms with Crippen LogP contribution in [0.2, 0.25) is 0 Å². The van der Waals surface area contributed by atoms with Gasteiger partial charge in [0, 0.05) is 44.8 Å². The Kier molecular flexibility index (Phi) is 5.97. The molecule has 1 aliphatic heterocycles. The van der Waals surface area contributed by atoms with Gasteiger partial charge in [-0.2, -0.15) is 5.10 Å². The van der Waals surface area contributed by atoms with Crippen molar-refractivity contribution >= 4 is 5.91 Å². The van der Waals surface area contributed by atoms with Crippen LogP contribution in [-0.2, 0) is 11.8 Å². The summed E-state index contributed by atoms with van der Waals surface area (Å²) in [6.07, 6.45) is 3.88. The van der Waals surface area contributed by atoms with Gasteiger partial charge in [0.1, 0.15) is 0 Å². The highest BCUT2D eigenvalue weighted by Gasteiger charge is 2.35. The lowest BCUT2D eigenvalue weighted by Crippen LogP contribution is -2.45. The van der Waals surface area contributed by atoms with Crippen molar-refractivity contribution in [2.75, 3.05) is 32.7 Å². The van der Waals surface area contributed by atoms with E-state index < -0.39 is 0 Å². The van der Waals surface area contributed by atoms with Crippen LogP contribution < -0.4 is 10.6 Å². The highest BCUT2D eigenvalue weighted by molar-refractivity contribution is 5.80. The maximum Gasteiger partial charge on any atom is 0.225 e. The minimum Gasteiger partial charge on any atom is -0.352 e. The van der Waals surface area contributed by atoms with Crippen molar-refractivity contribution < 1.29 is 4.79 Å². The second kappa shape index (κ2) is 7.74. The molecule has 0 spiro atoms. The van der Waals surface area contributed by atoms with Crippen molar-refractivity contribution in [1.29, 1.82) is 0 Å². The fourth-order valence-corrected chi connectivity index (χ4v) is 3.20. The topological polar surface area (TPSA) is 62.2 Å². The van der Waals surface area contributed by atoms with E-state index in [9.17, 15) is 4.79 Å². The Hall–Kier alpha value is -1.40. The molecule has 6 nitrogen and oxygen atoms in total. The van der Waals surface area contributed by atoms with Crippen molar-refractivity contribution in [3.8, 4) is 0 Å². The van der Waals surface area contributed by atoms with Crippen LogP contribution in [0, 0.1) is 5.92 Å². The Morgan fingerprint density at radius 1 is 1.50 bits per heavy atom. The lowest BCUT2D eigenvalue weighted by molar-refractivity contribution is -0.125. The van der Waals surface area contributed by atoms with E-state index in [4.69, 9.17) is 0 Å². The van der Waals surface area contributed by atoms with Crippen LogP contribution >= 0.6 is 0 Å². The highest BCUT2D eigenvalue weighted by Crippen LogP contribution is 2.27. The third-order valence-corrected chi connectivity index (χ3v) is 4.52. The van der Waals surface area contributed by atoms with Crippen molar-refractivity contribution in [2.45, 2.75) is 32.7 Å². The molecule has 0 aliphatic carbocycles. The van der Waals surface area contributed by atoms with E-state index in [1.165, 1.54) is 0 Å². The zero-order chi connectivity index (χ0) is 16.1. The molecule has 1 fully saturated rings. The maximum absolute atomic E-state index is 12.6. The summed E-state index contributed by atoms with van der Waals surface area (Å²) in [4.78, 5) is 14.9. The lowest BCUT2D eigenvalue weighted by Gasteiger charge is -2.25.